The number of oxime groups is 1. The fourth-order valence-electron chi connectivity index (χ4n) is 4.16. The number of aromatic amines is 1. The van der Waals surface area contributed by atoms with E-state index in [1.165, 1.54) is 0 Å². The number of nitrogens with zero attached hydrogens (tertiary/aromatic N) is 2. The summed E-state index contributed by atoms with van der Waals surface area (Å²) < 4.78 is 29.2. The van der Waals surface area contributed by atoms with E-state index >= 15 is 0 Å². The Morgan fingerprint density at radius 2 is 1.91 bits per heavy atom. The van der Waals surface area contributed by atoms with Crippen LogP contribution in [0, 0.1) is 20.8 Å². The Kier molecular flexibility index (Phi) is 7.80. The molecule has 2 aromatic rings. The summed E-state index contributed by atoms with van der Waals surface area (Å²) >= 11 is 0. The third-order valence-electron chi connectivity index (χ3n) is 5.64. The molecular formula is C22H30N6O6S. The molecule has 0 aliphatic carbocycles. The van der Waals surface area contributed by atoms with E-state index in [4.69, 9.17) is 10.6 Å². The molecule has 12 nitrogen and oxygen atoms in total. The predicted molar refractivity (Wildman–Crippen MR) is 128 cm³/mol. The number of unbranched alkanes of at least 4 members (excludes halogenated alkanes) is 1. The van der Waals surface area contributed by atoms with Crippen LogP contribution >= 0.6 is 0 Å². The van der Waals surface area contributed by atoms with Crippen molar-refractivity contribution < 1.29 is 28.0 Å². The van der Waals surface area contributed by atoms with Crippen molar-refractivity contribution in [3.63, 3.8) is 0 Å². The number of imidazole rings is 1. The number of nitrogen functional groups attached to an aromatic ring is 1. The average molecular weight is 507 g/mol. The molecule has 1 atom stereocenters. The van der Waals surface area contributed by atoms with Crippen molar-refractivity contribution in [2.45, 2.75) is 63.4 Å². The molecule has 0 fully saturated rings. The van der Waals surface area contributed by atoms with Crippen LogP contribution in [0.4, 0.5) is 5.95 Å². The number of anilines is 1. The maximum absolute atomic E-state index is 13.5. The van der Waals surface area contributed by atoms with Gasteiger partial charge in [0, 0.05) is 12.1 Å². The summed E-state index contributed by atoms with van der Waals surface area (Å²) in [6.45, 7) is 5.29. The molecule has 35 heavy (non-hydrogen) atoms. The Bertz CT molecular complexity index is 1230. The molecule has 1 aromatic heterocycles. The first-order valence-electron chi connectivity index (χ1n) is 11.1. The van der Waals surface area contributed by atoms with E-state index in [1.807, 2.05) is 6.92 Å². The summed E-state index contributed by atoms with van der Waals surface area (Å²) in [6.07, 6.45) is 2.81. The van der Waals surface area contributed by atoms with Gasteiger partial charge in [-0.1, -0.05) is 22.9 Å². The van der Waals surface area contributed by atoms with Gasteiger partial charge in [-0.05, 0) is 57.6 Å². The predicted octanol–water partition coefficient (Wildman–Crippen LogP) is 1.28. The molecule has 1 aliphatic heterocycles. The smallest absolute Gasteiger partial charge is 0.345 e. The van der Waals surface area contributed by atoms with Gasteiger partial charge in [-0.3, -0.25) is 4.79 Å². The lowest BCUT2D eigenvalue weighted by atomic mass is 10.0. The second-order valence-electron chi connectivity index (χ2n) is 8.62. The summed E-state index contributed by atoms with van der Waals surface area (Å²) in [5, 5.41) is 16.2. The van der Waals surface area contributed by atoms with E-state index in [0.717, 1.165) is 11.3 Å². The lowest BCUT2D eigenvalue weighted by molar-refractivity contribution is -0.148. The van der Waals surface area contributed by atoms with Crippen LogP contribution in [-0.4, -0.2) is 53.4 Å². The number of aryl methyl sites for hydroxylation is 4. The minimum absolute atomic E-state index is 0.00884. The Balaban J connectivity index is 1.90. The molecule has 190 valence electrons. The Hall–Kier alpha value is -3.45. The van der Waals surface area contributed by atoms with Gasteiger partial charge >= 0.3 is 5.97 Å². The molecule has 1 unspecified atom stereocenters. The lowest BCUT2D eigenvalue weighted by Crippen LogP contribution is -2.66. The minimum atomic E-state index is -4.35. The minimum Gasteiger partial charge on any atom is -0.478 e. The fraction of sp³-hybridized carbons (Fsp3) is 0.455. The highest BCUT2D eigenvalue weighted by atomic mass is 32.2. The van der Waals surface area contributed by atoms with E-state index in [-0.39, 0.29) is 42.4 Å². The van der Waals surface area contributed by atoms with Gasteiger partial charge in [0.25, 0.3) is 5.91 Å². The second kappa shape index (κ2) is 10.4. The van der Waals surface area contributed by atoms with Crippen LogP contribution in [0.25, 0.3) is 0 Å². The van der Waals surface area contributed by atoms with Crippen LogP contribution in [0.5, 0.6) is 0 Å². The van der Waals surface area contributed by atoms with Gasteiger partial charge in [0.05, 0.1) is 11.1 Å². The molecule has 0 bridgehead atoms. The van der Waals surface area contributed by atoms with Crippen molar-refractivity contribution in [1.82, 2.24) is 20.0 Å². The number of carbonyl (C=O) groups is 2. The summed E-state index contributed by atoms with van der Waals surface area (Å²) in [7, 11) is -4.35. The first kappa shape index (κ1) is 26.2. The maximum Gasteiger partial charge on any atom is 0.345 e. The van der Waals surface area contributed by atoms with Crippen molar-refractivity contribution in [3.05, 3.63) is 40.7 Å². The first-order chi connectivity index (χ1) is 16.4. The number of aliphatic carboxylic acids is 1. The van der Waals surface area contributed by atoms with Crippen molar-refractivity contribution in [2.24, 2.45) is 5.16 Å². The molecule has 13 heteroatoms. The number of hydrogen-bond acceptors (Lipinski definition) is 8. The zero-order valence-corrected chi connectivity index (χ0v) is 20.7. The van der Waals surface area contributed by atoms with Crippen LogP contribution in [0.2, 0.25) is 0 Å². The molecule has 0 radical (unpaired) electrons. The van der Waals surface area contributed by atoms with Gasteiger partial charge in [-0.15, -0.1) is 0 Å². The highest BCUT2D eigenvalue weighted by Gasteiger charge is 2.45. The van der Waals surface area contributed by atoms with E-state index in [2.05, 4.69) is 25.2 Å². The van der Waals surface area contributed by atoms with Gasteiger partial charge in [-0.25, -0.2) is 18.2 Å². The van der Waals surface area contributed by atoms with Gasteiger partial charge in [0.1, 0.15) is 12.3 Å². The molecule has 3 rings (SSSR count). The Morgan fingerprint density at radius 3 is 2.46 bits per heavy atom. The van der Waals surface area contributed by atoms with E-state index < -0.39 is 27.6 Å². The summed E-state index contributed by atoms with van der Waals surface area (Å²) in [4.78, 5) is 36.9. The fourth-order valence-corrected chi connectivity index (χ4v) is 5.92. The number of hydrogen-bond donors (Lipinski definition) is 5. The zero-order valence-electron chi connectivity index (χ0n) is 19.8. The number of carboxylic acids is 1. The van der Waals surface area contributed by atoms with Gasteiger partial charge < -0.3 is 26.0 Å². The monoisotopic (exact) mass is 506 g/mol. The zero-order chi connectivity index (χ0) is 25.8. The van der Waals surface area contributed by atoms with E-state index in [9.17, 15) is 23.1 Å². The number of carbonyl (C=O) groups excluding carboxylic acids is 1. The number of nitrogens with two attached hydrogens (primary N) is 1. The van der Waals surface area contributed by atoms with E-state index in [0.29, 0.717) is 24.0 Å². The highest BCUT2D eigenvalue weighted by Crippen LogP contribution is 2.25. The second-order valence-corrected chi connectivity index (χ2v) is 10.2. The molecule has 0 spiro atoms. The maximum atomic E-state index is 13.5. The Labute approximate surface area is 203 Å². The van der Waals surface area contributed by atoms with Crippen LogP contribution < -0.4 is 15.8 Å². The van der Waals surface area contributed by atoms with Crippen molar-refractivity contribution in [3.8, 4) is 0 Å². The molecular weight excluding hydrogens is 476 g/mol. The number of nitrogens with one attached hydrogen (secondary N) is 3. The van der Waals surface area contributed by atoms with Crippen LogP contribution in [0.3, 0.4) is 0 Å². The number of amides is 1. The molecule has 2 heterocycles. The average Bonchev–Trinajstić information content (AvgIpc) is 3.41. The lowest BCUT2D eigenvalue weighted by Gasteiger charge is -2.31. The molecule has 1 amide bonds. The third-order valence-corrected chi connectivity index (χ3v) is 7.44. The van der Waals surface area contributed by atoms with Gasteiger partial charge in [0.15, 0.2) is 5.95 Å². The molecule has 1 aromatic carbocycles. The standard InChI is InChI=1S/C22H30N6O6S/c1-13-10-14(2)18(15(3)11-13)35(32,33)28-22(20(30)31,26-19(29)17-7-9-34-27-17)8-5-4-6-16-12-24-21(23)25-16/h10-12,28H,4-9H2,1-3H3,(H,26,29)(H,30,31)(H3,23,24,25). The van der Waals surface area contributed by atoms with Crippen molar-refractivity contribution >= 4 is 33.6 Å². The largest absolute Gasteiger partial charge is 0.478 e. The molecule has 1 aliphatic rings. The summed E-state index contributed by atoms with van der Waals surface area (Å²) in [6, 6.07) is 3.40. The van der Waals surface area contributed by atoms with Crippen molar-refractivity contribution in [2.75, 3.05) is 12.3 Å². The quantitative estimate of drug-likeness (QED) is 0.222. The highest BCUT2D eigenvalue weighted by molar-refractivity contribution is 7.89. The van der Waals surface area contributed by atoms with Crippen LogP contribution in [0.1, 0.15) is 48.1 Å². The van der Waals surface area contributed by atoms with Gasteiger partial charge in [-0.2, -0.15) is 4.72 Å². The van der Waals surface area contributed by atoms with E-state index in [1.54, 1.807) is 32.2 Å². The van der Waals surface area contributed by atoms with Crippen LogP contribution in [0.15, 0.2) is 28.4 Å². The van der Waals surface area contributed by atoms with Gasteiger partial charge in [0.2, 0.25) is 15.7 Å². The molecule has 0 saturated heterocycles. The number of benzene rings is 1. The number of rotatable bonds is 11. The number of aromatic nitrogens is 2. The third kappa shape index (κ3) is 6.17. The molecule has 0 saturated carbocycles. The van der Waals surface area contributed by atoms with Crippen LogP contribution in [-0.2, 0) is 30.9 Å². The first-order valence-corrected chi connectivity index (χ1v) is 12.6. The number of carboxylic acid groups (broad SMARTS) is 1. The summed E-state index contributed by atoms with van der Waals surface area (Å²) in [5.74, 6) is -2.09. The van der Waals surface area contributed by atoms with Crippen molar-refractivity contribution in [1.29, 1.82) is 0 Å². The number of sulfonamides is 1. The topological polar surface area (TPSA) is 189 Å². The SMILES string of the molecule is Cc1cc(C)c(S(=O)(=O)NC(CCCCc2cnc(N)[nH]2)(NC(=O)C2=NOCC2)C(=O)O)c(C)c1. The summed E-state index contributed by atoms with van der Waals surface area (Å²) in [5.41, 5.74) is 5.82. The normalized spacial score (nSPS) is 15.2. The number of H-pyrrole nitrogens is 1. The molecule has 6 N–H and O–H groups in total. The Morgan fingerprint density at radius 1 is 1.23 bits per heavy atom.